The number of halogens is 2. The van der Waals surface area contributed by atoms with E-state index in [2.05, 4.69) is 35.1 Å². The van der Waals surface area contributed by atoms with E-state index in [1.165, 1.54) is 18.9 Å². The molecule has 0 heterocycles. The van der Waals surface area contributed by atoms with Gasteiger partial charge in [0.1, 0.15) is 5.82 Å². The van der Waals surface area contributed by atoms with Crippen LogP contribution in [0.1, 0.15) is 32.3 Å². The third-order valence-electron chi connectivity index (χ3n) is 3.35. The van der Waals surface area contributed by atoms with Gasteiger partial charge in [0.15, 0.2) is 0 Å². The Bertz CT molecular complexity index is 386. The van der Waals surface area contributed by atoms with Gasteiger partial charge in [-0.05, 0) is 44.7 Å². The van der Waals surface area contributed by atoms with Crippen LogP contribution in [0, 0.1) is 11.7 Å². The number of nitrogens with one attached hydrogen (secondary N) is 1. The lowest BCUT2D eigenvalue weighted by Gasteiger charge is -2.26. The molecule has 0 amide bonds. The lowest BCUT2D eigenvalue weighted by atomic mass is 9.98. The Balaban J connectivity index is 1.98. The Labute approximate surface area is 105 Å². The number of hydrogen-bond acceptors (Lipinski definition) is 1. The fourth-order valence-corrected chi connectivity index (χ4v) is 2.27. The molecule has 1 aliphatic carbocycles. The molecule has 1 saturated carbocycles. The highest BCUT2D eigenvalue weighted by atomic mass is 79.9. The number of benzene rings is 1. The van der Waals surface area contributed by atoms with Crippen molar-refractivity contribution < 1.29 is 4.39 Å². The van der Waals surface area contributed by atoms with Crippen LogP contribution in [-0.4, -0.2) is 5.54 Å². The van der Waals surface area contributed by atoms with Crippen LogP contribution in [-0.2, 0) is 6.54 Å². The summed E-state index contributed by atoms with van der Waals surface area (Å²) in [4.78, 5) is 0. The van der Waals surface area contributed by atoms with Crippen LogP contribution in [0.2, 0.25) is 0 Å². The van der Waals surface area contributed by atoms with Crippen LogP contribution in [0.25, 0.3) is 0 Å². The second-order valence-electron chi connectivity index (χ2n) is 5.09. The van der Waals surface area contributed by atoms with Crippen molar-refractivity contribution in [3.63, 3.8) is 0 Å². The molecule has 0 aromatic heterocycles. The van der Waals surface area contributed by atoms with Gasteiger partial charge in [0.05, 0.1) is 0 Å². The minimum absolute atomic E-state index is 0.125. The molecule has 0 bridgehead atoms. The summed E-state index contributed by atoms with van der Waals surface area (Å²) in [7, 11) is 0. The molecule has 2 rings (SSSR count). The quantitative estimate of drug-likeness (QED) is 0.886. The summed E-state index contributed by atoms with van der Waals surface area (Å²) in [5.41, 5.74) is 0.858. The highest BCUT2D eigenvalue weighted by molar-refractivity contribution is 9.10. The van der Waals surface area contributed by atoms with Gasteiger partial charge in [0, 0.05) is 22.1 Å². The summed E-state index contributed by atoms with van der Waals surface area (Å²) in [6, 6.07) is 5.22. The van der Waals surface area contributed by atoms with E-state index in [9.17, 15) is 4.39 Å². The van der Waals surface area contributed by atoms with Crippen molar-refractivity contribution in [3.05, 3.63) is 34.1 Å². The summed E-state index contributed by atoms with van der Waals surface area (Å²) in [6.07, 6.45) is 2.59. The molecule has 1 aliphatic rings. The summed E-state index contributed by atoms with van der Waals surface area (Å²) in [6.45, 7) is 4.99. The molecule has 0 aliphatic heterocycles. The normalized spacial score (nSPS) is 16.5. The number of rotatable bonds is 4. The molecule has 0 radical (unpaired) electrons. The van der Waals surface area contributed by atoms with Crippen molar-refractivity contribution >= 4 is 15.9 Å². The maximum absolute atomic E-state index is 13.6. The molecule has 0 atom stereocenters. The fourth-order valence-electron chi connectivity index (χ4n) is 1.94. The summed E-state index contributed by atoms with van der Waals surface area (Å²) < 4.78 is 14.4. The molecule has 88 valence electrons. The van der Waals surface area contributed by atoms with E-state index in [1.807, 2.05) is 12.1 Å². The monoisotopic (exact) mass is 285 g/mol. The van der Waals surface area contributed by atoms with Gasteiger partial charge in [0.25, 0.3) is 0 Å². The van der Waals surface area contributed by atoms with Gasteiger partial charge < -0.3 is 5.32 Å². The van der Waals surface area contributed by atoms with E-state index >= 15 is 0 Å². The first-order valence-electron chi connectivity index (χ1n) is 5.68. The maximum Gasteiger partial charge on any atom is 0.128 e. The molecule has 16 heavy (non-hydrogen) atoms. The van der Waals surface area contributed by atoms with Crippen LogP contribution in [0.3, 0.4) is 0 Å². The Morgan fingerprint density at radius 3 is 2.69 bits per heavy atom. The predicted octanol–water partition coefficient (Wildman–Crippen LogP) is 3.87. The van der Waals surface area contributed by atoms with Gasteiger partial charge in [-0.3, -0.25) is 0 Å². The Kier molecular flexibility index (Phi) is 3.36. The van der Waals surface area contributed by atoms with Crippen LogP contribution in [0.4, 0.5) is 4.39 Å². The second-order valence-corrected chi connectivity index (χ2v) is 6.00. The molecule has 1 aromatic rings. The minimum Gasteiger partial charge on any atom is -0.307 e. The Morgan fingerprint density at radius 1 is 1.44 bits per heavy atom. The molecule has 0 spiro atoms. The molecule has 1 fully saturated rings. The first kappa shape index (κ1) is 12.1. The third-order valence-corrected chi connectivity index (χ3v) is 3.84. The first-order valence-corrected chi connectivity index (χ1v) is 6.47. The van der Waals surface area contributed by atoms with Crippen molar-refractivity contribution in [1.29, 1.82) is 0 Å². The third kappa shape index (κ3) is 2.83. The molecular formula is C13H17BrFN. The Hall–Kier alpha value is -0.410. The van der Waals surface area contributed by atoms with Gasteiger partial charge in [0.2, 0.25) is 0 Å². The first-order chi connectivity index (χ1) is 7.49. The van der Waals surface area contributed by atoms with Crippen molar-refractivity contribution in [2.45, 2.75) is 38.8 Å². The van der Waals surface area contributed by atoms with Gasteiger partial charge >= 0.3 is 0 Å². The lowest BCUT2D eigenvalue weighted by molar-refractivity contribution is 0.337. The van der Waals surface area contributed by atoms with E-state index in [0.717, 1.165) is 16.0 Å². The van der Waals surface area contributed by atoms with Crippen LogP contribution in [0.5, 0.6) is 0 Å². The molecule has 0 unspecified atom stereocenters. The SMILES string of the molecule is CC(C)(NCc1ccc(Br)cc1F)C1CC1. The average molecular weight is 286 g/mol. The van der Waals surface area contributed by atoms with E-state index in [-0.39, 0.29) is 11.4 Å². The Morgan fingerprint density at radius 2 is 2.12 bits per heavy atom. The largest absolute Gasteiger partial charge is 0.307 e. The van der Waals surface area contributed by atoms with E-state index < -0.39 is 0 Å². The van der Waals surface area contributed by atoms with E-state index in [4.69, 9.17) is 0 Å². The zero-order valence-electron chi connectivity index (χ0n) is 9.69. The van der Waals surface area contributed by atoms with Crippen LogP contribution >= 0.6 is 15.9 Å². The lowest BCUT2D eigenvalue weighted by Crippen LogP contribution is -2.40. The van der Waals surface area contributed by atoms with Crippen molar-refractivity contribution in [1.82, 2.24) is 5.32 Å². The van der Waals surface area contributed by atoms with Gasteiger partial charge in [-0.2, -0.15) is 0 Å². The molecular weight excluding hydrogens is 269 g/mol. The minimum atomic E-state index is -0.145. The molecule has 3 heteroatoms. The van der Waals surface area contributed by atoms with Crippen LogP contribution in [0.15, 0.2) is 22.7 Å². The van der Waals surface area contributed by atoms with Gasteiger partial charge in [-0.15, -0.1) is 0 Å². The van der Waals surface area contributed by atoms with E-state index in [1.54, 1.807) is 0 Å². The topological polar surface area (TPSA) is 12.0 Å². The van der Waals surface area contributed by atoms with Crippen molar-refractivity contribution in [3.8, 4) is 0 Å². The highest BCUT2D eigenvalue weighted by Crippen LogP contribution is 2.39. The van der Waals surface area contributed by atoms with Crippen molar-refractivity contribution in [2.24, 2.45) is 5.92 Å². The molecule has 1 nitrogen and oxygen atoms in total. The molecule has 0 saturated heterocycles. The zero-order chi connectivity index (χ0) is 11.8. The van der Waals surface area contributed by atoms with Crippen LogP contribution < -0.4 is 5.32 Å². The predicted molar refractivity (Wildman–Crippen MR) is 67.7 cm³/mol. The van der Waals surface area contributed by atoms with Gasteiger partial charge in [-0.25, -0.2) is 4.39 Å². The molecule has 1 aromatic carbocycles. The van der Waals surface area contributed by atoms with Crippen molar-refractivity contribution in [2.75, 3.05) is 0 Å². The molecule has 1 N–H and O–H groups in total. The average Bonchev–Trinajstić information content (AvgIpc) is 2.99. The maximum atomic E-state index is 13.6. The number of hydrogen-bond donors (Lipinski definition) is 1. The smallest absolute Gasteiger partial charge is 0.128 e. The summed E-state index contributed by atoms with van der Waals surface area (Å²) >= 11 is 3.26. The highest BCUT2D eigenvalue weighted by Gasteiger charge is 2.37. The fraction of sp³-hybridized carbons (Fsp3) is 0.538. The standard InChI is InChI=1S/C13H17BrFN/c1-13(2,10-4-5-10)16-8-9-3-6-11(14)7-12(9)15/h3,6-7,10,16H,4-5,8H2,1-2H3. The second kappa shape index (κ2) is 4.46. The van der Waals surface area contributed by atoms with E-state index in [0.29, 0.717) is 6.54 Å². The summed E-state index contributed by atoms with van der Waals surface area (Å²) in [5, 5.41) is 3.44. The summed E-state index contributed by atoms with van der Waals surface area (Å²) in [5.74, 6) is 0.611. The van der Waals surface area contributed by atoms with Gasteiger partial charge in [-0.1, -0.05) is 22.0 Å². The zero-order valence-corrected chi connectivity index (χ0v) is 11.3.